The molecule has 0 amide bonds. The molecule has 0 aliphatic heterocycles. The molecular weight excluding hydrogens is 212 g/mol. The van der Waals surface area contributed by atoms with Crippen molar-refractivity contribution in [3.8, 4) is 0 Å². The first-order chi connectivity index (χ1) is 8.17. The largest absolute Gasteiger partial charge is 0.396 e. The normalized spacial score (nSPS) is 12.4. The number of pyridine rings is 1. The molecule has 0 fully saturated rings. The van der Waals surface area contributed by atoms with Crippen molar-refractivity contribution in [3.63, 3.8) is 0 Å². The summed E-state index contributed by atoms with van der Waals surface area (Å²) in [5, 5.41) is 3.44. The van der Waals surface area contributed by atoms with Crippen LogP contribution >= 0.6 is 0 Å². The first-order valence-corrected chi connectivity index (χ1v) is 6.45. The van der Waals surface area contributed by atoms with Gasteiger partial charge in [-0.2, -0.15) is 0 Å². The van der Waals surface area contributed by atoms with Crippen LogP contribution in [0.2, 0.25) is 0 Å². The smallest absolute Gasteiger partial charge is 0.149 e. The van der Waals surface area contributed by atoms with Gasteiger partial charge in [-0.1, -0.05) is 33.1 Å². The van der Waals surface area contributed by atoms with Crippen molar-refractivity contribution in [1.82, 2.24) is 4.98 Å². The topological polar surface area (TPSA) is 77.0 Å². The molecule has 0 bridgehead atoms. The van der Waals surface area contributed by atoms with E-state index in [-0.39, 0.29) is 0 Å². The molecule has 1 rings (SSSR count). The summed E-state index contributed by atoms with van der Waals surface area (Å²) in [6, 6.07) is 4.17. The summed E-state index contributed by atoms with van der Waals surface area (Å²) in [5.74, 6) is 1.23. The Morgan fingerprint density at radius 1 is 1.18 bits per heavy atom. The van der Waals surface area contributed by atoms with Gasteiger partial charge in [-0.15, -0.1) is 0 Å². The Morgan fingerprint density at radius 3 is 2.53 bits per heavy atom. The zero-order valence-electron chi connectivity index (χ0n) is 10.9. The summed E-state index contributed by atoms with van der Waals surface area (Å²) in [6.45, 7) is 4.41. The van der Waals surface area contributed by atoms with Crippen molar-refractivity contribution in [2.75, 3.05) is 16.8 Å². The van der Waals surface area contributed by atoms with Gasteiger partial charge in [-0.3, -0.25) is 0 Å². The molecule has 17 heavy (non-hydrogen) atoms. The number of hydrogen-bond donors (Lipinski definition) is 3. The quantitative estimate of drug-likeness (QED) is 0.680. The lowest BCUT2D eigenvalue weighted by atomic mass is 10.1. The number of rotatable bonds is 7. The van der Waals surface area contributed by atoms with E-state index in [0.29, 0.717) is 17.5 Å². The highest BCUT2D eigenvalue weighted by molar-refractivity contribution is 5.61. The van der Waals surface area contributed by atoms with Crippen LogP contribution in [0.1, 0.15) is 46.0 Å². The van der Waals surface area contributed by atoms with Gasteiger partial charge in [0, 0.05) is 6.04 Å². The summed E-state index contributed by atoms with van der Waals surface area (Å²) in [6.07, 6.45) is 5.97. The number of nitrogens with zero attached hydrogens (tertiary/aromatic N) is 1. The average Bonchev–Trinajstić information content (AvgIpc) is 2.31. The molecule has 1 aromatic heterocycles. The molecule has 0 aromatic carbocycles. The van der Waals surface area contributed by atoms with E-state index in [2.05, 4.69) is 24.1 Å². The number of unbranched alkanes of at least 4 members (excludes halogenated alkanes) is 1. The first-order valence-electron chi connectivity index (χ1n) is 6.45. The van der Waals surface area contributed by atoms with Crippen LogP contribution in [0.3, 0.4) is 0 Å². The van der Waals surface area contributed by atoms with Crippen LogP contribution in [-0.4, -0.2) is 11.0 Å². The summed E-state index contributed by atoms with van der Waals surface area (Å²) in [4.78, 5) is 4.24. The third-order valence-corrected chi connectivity index (χ3v) is 2.85. The van der Waals surface area contributed by atoms with Gasteiger partial charge in [-0.05, 0) is 25.0 Å². The molecule has 1 heterocycles. The molecular formula is C13H24N4. The predicted molar refractivity (Wildman–Crippen MR) is 74.9 cm³/mol. The molecule has 0 saturated carbocycles. The lowest BCUT2D eigenvalue weighted by molar-refractivity contribution is 0.563. The van der Waals surface area contributed by atoms with Crippen molar-refractivity contribution < 1.29 is 0 Å². The van der Waals surface area contributed by atoms with Crippen molar-refractivity contribution in [2.45, 2.75) is 52.0 Å². The third-order valence-electron chi connectivity index (χ3n) is 2.85. The van der Waals surface area contributed by atoms with E-state index in [1.807, 2.05) is 6.07 Å². The predicted octanol–water partition coefficient (Wildman–Crippen LogP) is 3.02. The van der Waals surface area contributed by atoms with Gasteiger partial charge in [0.2, 0.25) is 0 Å². The Kier molecular flexibility index (Phi) is 5.60. The Labute approximate surface area is 104 Å². The van der Waals surface area contributed by atoms with E-state index in [0.717, 1.165) is 12.2 Å². The summed E-state index contributed by atoms with van der Waals surface area (Å²) in [5.41, 5.74) is 11.9. The number of nitrogens with one attached hydrogen (secondary N) is 1. The number of nitrogen functional groups attached to an aromatic ring is 2. The minimum absolute atomic E-state index is 0.403. The maximum Gasteiger partial charge on any atom is 0.149 e. The molecule has 1 atom stereocenters. The molecule has 96 valence electrons. The van der Waals surface area contributed by atoms with Gasteiger partial charge in [0.1, 0.15) is 11.6 Å². The van der Waals surface area contributed by atoms with E-state index >= 15 is 0 Å². The number of hydrogen-bond acceptors (Lipinski definition) is 4. The van der Waals surface area contributed by atoms with Crippen LogP contribution < -0.4 is 16.8 Å². The van der Waals surface area contributed by atoms with Gasteiger partial charge >= 0.3 is 0 Å². The van der Waals surface area contributed by atoms with E-state index < -0.39 is 0 Å². The molecule has 1 unspecified atom stereocenters. The zero-order valence-corrected chi connectivity index (χ0v) is 10.9. The average molecular weight is 236 g/mol. The summed E-state index contributed by atoms with van der Waals surface area (Å²) in [7, 11) is 0. The van der Waals surface area contributed by atoms with Crippen LogP contribution in [-0.2, 0) is 0 Å². The Bertz CT molecular complexity index is 338. The zero-order chi connectivity index (χ0) is 12.7. The SMILES string of the molecule is CCCCC(CCC)Nc1ccc(N)c(N)n1. The first kappa shape index (κ1) is 13.6. The monoisotopic (exact) mass is 236 g/mol. The van der Waals surface area contributed by atoms with E-state index in [4.69, 9.17) is 11.5 Å². The van der Waals surface area contributed by atoms with Crippen LogP contribution in [0.25, 0.3) is 0 Å². The molecule has 0 aliphatic carbocycles. The fourth-order valence-electron chi connectivity index (χ4n) is 1.86. The fraction of sp³-hybridized carbons (Fsp3) is 0.615. The molecule has 4 heteroatoms. The molecule has 0 spiro atoms. The highest BCUT2D eigenvalue weighted by Crippen LogP contribution is 2.18. The fourth-order valence-corrected chi connectivity index (χ4v) is 1.86. The van der Waals surface area contributed by atoms with E-state index in [1.54, 1.807) is 6.07 Å². The Morgan fingerprint density at radius 2 is 1.94 bits per heavy atom. The molecule has 0 radical (unpaired) electrons. The second kappa shape index (κ2) is 6.99. The second-order valence-electron chi connectivity index (χ2n) is 4.44. The lowest BCUT2D eigenvalue weighted by Gasteiger charge is -2.18. The Balaban J connectivity index is 2.61. The van der Waals surface area contributed by atoms with Gasteiger partial charge < -0.3 is 16.8 Å². The minimum Gasteiger partial charge on any atom is -0.396 e. The van der Waals surface area contributed by atoms with Crippen molar-refractivity contribution in [1.29, 1.82) is 0 Å². The van der Waals surface area contributed by atoms with Gasteiger partial charge in [0.25, 0.3) is 0 Å². The molecule has 0 saturated heterocycles. The number of aromatic nitrogens is 1. The van der Waals surface area contributed by atoms with E-state index in [1.165, 1.54) is 25.7 Å². The maximum absolute atomic E-state index is 5.69. The van der Waals surface area contributed by atoms with Crippen LogP contribution in [0.15, 0.2) is 12.1 Å². The van der Waals surface area contributed by atoms with Crippen molar-refractivity contribution >= 4 is 17.3 Å². The van der Waals surface area contributed by atoms with Gasteiger partial charge in [0.15, 0.2) is 0 Å². The standard InChI is InChI=1S/C13H24N4/c1-3-5-7-10(6-4-2)16-12-9-8-11(14)13(15)17-12/h8-10H,3-7,14H2,1-2H3,(H3,15,16,17). The lowest BCUT2D eigenvalue weighted by Crippen LogP contribution is -2.20. The number of nitrogens with two attached hydrogens (primary N) is 2. The molecule has 5 N–H and O–H groups in total. The minimum atomic E-state index is 0.403. The molecule has 1 aromatic rings. The van der Waals surface area contributed by atoms with E-state index in [9.17, 15) is 0 Å². The van der Waals surface area contributed by atoms with Crippen molar-refractivity contribution in [2.24, 2.45) is 0 Å². The van der Waals surface area contributed by atoms with Gasteiger partial charge in [-0.25, -0.2) is 4.98 Å². The summed E-state index contributed by atoms with van der Waals surface area (Å²) >= 11 is 0. The molecule has 0 aliphatic rings. The van der Waals surface area contributed by atoms with Crippen LogP contribution in [0.5, 0.6) is 0 Å². The van der Waals surface area contributed by atoms with Crippen molar-refractivity contribution in [3.05, 3.63) is 12.1 Å². The maximum atomic E-state index is 5.69. The summed E-state index contributed by atoms with van der Waals surface area (Å²) < 4.78 is 0. The van der Waals surface area contributed by atoms with Crippen LogP contribution in [0.4, 0.5) is 17.3 Å². The second-order valence-corrected chi connectivity index (χ2v) is 4.44. The third kappa shape index (κ3) is 4.51. The Hall–Kier alpha value is -1.45. The molecule has 4 nitrogen and oxygen atoms in total. The van der Waals surface area contributed by atoms with Crippen LogP contribution in [0, 0.1) is 0 Å². The van der Waals surface area contributed by atoms with Gasteiger partial charge in [0.05, 0.1) is 5.69 Å². The highest BCUT2D eigenvalue weighted by atomic mass is 15.0. The highest BCUT2D eigenvalue weighted by Gasteiger charge is 2.08. The number of anilines is 3.